The van der Waals surface area contributed by atoms with Gasteiger partial charge in [0.15, 0.2) is 0 Å². The van der Waals surface area contributed by atoms with Gasteiger partial charge in [-0.1, -0.05) is 23.8 Å². The summed E-state index contributed by atoms with van der Waals surface area (Å²) < 4.78 is 28.0. The molecule has 0 radical (unpaired) electrons. The van der Waals surface area contributed by atoms with Gasteiger partial charge in [-0.05, 0) is 87.4 Å². The van der Waals surface area contributed by atoms with Crippen LogP contribution in [0.2, 0.25) is 0 Å². The number of allylic oxidation sites excluding steroid dienone is 1. The van der Waals surface area contributed by atoms with Gasteiger partial charge in [-0.25, -0.2) is 8.42 Å². The lowest BCUT2D eigenvalue weighted by Crippen LogP contribution is -2.25. The lowest BCUT2D eigenvalue weighted by molar-refractivity contribution is 0.0954. The van der Waals surface area contributed by atoms with Crippen LogP contribution in [0.4, 0.5) is 5.69 Å². The van der Waals surface area contributed by atoms with E-state index in [2.05, 4.69) is 16.1 Å². The smallest absolute Gasteiger partial charge is 0.261 e. The number of hydrogen-bond acceptors (Lipinski definition) is 3. The van der Waals surface area contributed by atoms with Crippen LogP contribution in [-0.4, -0.2) is 20.9 Å². The number of aryl methyl sites for hydroxylation is 1. The van der Waals surface area contributed by atoms with Crippen molar-refractivity contribution in [3.8, 4) is 0 Å². The van der Waals surface area contributed by atoms with Crippen molar-refractivity contribution in [1.82, 2.24) is 5.32 Å². The van der Waals surface area contributed by atoms with Crippen LogP contribution in [0.25, 0.3) is 0 Å². The largest absolute Gasteiger partial charge is 0.352 e. The highest BCUT2D eigenvalue weighted by Crippen LogP contribution is 2.22. The van der Waals surface area contributed by atoms with Gasteiger partial charge in [0, 0.05) is 12.1 Å². The van der Waals surface area contributed by atoms with Gasteiger partial charge in [-0.15, -0.1) is 0 Å². The predicted molar refractivity (Wildman–Crippen MR) is 117 cm³/mol. The average Bonchev–Trinajstić information content (AvgIpc) is 2.72. The molecule has 1 amide bonds. The first-order valence-corrected chi connectivity index (χ1v) is 11.5. The Morgan fingerprint density at radius 2 is 1.79 bits per heavy atom. The molecule has 0 aliphatic heterocycles. The molecule has 0 aromatic heterocycles. The second-order valence-electron chi connectivity index (χ2n) is 7.49. The summed E-state index contributed by atoms with van der Waals surface area (Å²) in [6, 6.07) is 11.5. The summed E-state index contributed by atoms with van der Waals surface area (Å²) in [4.78, 5) is 12.5. The van der Waals surface area contributed by atoms with Crippen molar-refractivity contribution in [2.45, 2.75) is 50.8 Å². The van der Waals surface area contributed by atoms with E-state index in [-0.39, 0.29) is 10.8 Å². The molecule has 1 aliphatic rings. The Morgan fingerprint density at radius 3 is 2.48 bits per heavy atom. The van der Waals surface area contributed by atoms with Crippen LogP contribution in [0.15, 0.2) is 59.0 Å². The van der Waals surface area contributed by atoms with Gasteiger partial charge in [0.1, 0.15) is 0 Å². The van der Waals surface area contributed by atoms with Gasteiger partial charge in [0.05, 0.1) is 10.6 Å². The molecular formula is C23H28N2O3S. The summed E-state index contributed by atoms with van der Waals surface area (Å²) in [6.07, 6.45) is 7.89. The van der Waals surface area contributed by atoms with E-state index in [1.165, 1.54) is 30.5 Å². The first-order chi connectivity index (χ1) is 13.9. The Hall–Kier alpha value is -2.60. The lowest BCUT2D eigenvalue weighted by atomic mass is 9.97. The molecule has 0 spiro atoms. The molecule has 0 fully saturated rings. The summed E-state index contributed by atoms with van der Waals surface area (Å²) in [6.45, 7) is 4.41. The fourth-order valence-electron chi connectivity index (χ4n) is 3.42. The van der Waals surface area contributed by atoms with E-state index < -0.39 is 10.0 Å². The fourth-order valence-corrected chi connectivity index (χ4v) is 4.54. The summed E-state index contributed by atoms with van der Waals surface area (Å²) >= 11 is 0. The summed E-state index contributed by atoms with van der Waals surface area (Å²) in [5.41, 5.74) is 4.33. The third kappa shape index (κ3) is 5.48. The zero-order chi connectivity index (χ0) is 20.9. The van der Waals surface area contributed by atoms with Gasteiger partial charge >= 0.3 is 0 Å². The van der Waals surface area contributed by atoms with Crippen LogP contribution in [0.5, 0.6) is 0 Å². The van der Waals surface area contributed by atoms with Crippen molar-refractivity contribution in [3.63, 3.8) is 0 Å². The molecule has 6 heteroatoms. The first-order valence-electron chi connectivity index (χ1n) is 10.0. The average molecular weight is 413 g/mol. The summed E-state index contributed by atoms with van der Waals surface area (Å²) in [5, 5.41) is 2.91. The van der Waals surface area contributed by atoms with E-state index in [0.717, 1.165) is 30.4 Å². The quantitative estimate of drug-likeness (QED) is 0.646. The number of amides is 1. The standard InChI is InChI=1S/C23H28N2O3S/c1-17-7-6-10-22(18(17)2)25-29(27,28)21-13-11-20(12-14-21)23(26)24-16-15-19-8-4-3-5-9-19/h6-8,10-14,25H,3-5,9,15-16H2,1-2H3,(H,24,26). The van der Waals surface area contributed by atoms with E-state index >= 15 is 0 Å². The molecule has 0 unspecified atom stereocenters. The molecule has 0 saturated carbocycles. The highest BCUT2D eigenvalue weighted by atomic mass is 32.2. The van der Waals surface area contributed by atoms with Gasteiger partial charge in [-0.3, -0.25) is 9.52 Å². The van der Waals surface area contributed by atoms with Crippen molar-refractivity contribution < 1.29 is 13.2 Å². The van der Waals surface area contributed by atoms with Crippen molar-refractivity contribution in [2.24, 2.45) is 0 Å². The molecule has 1 aliphatic carbocycles. The second-order valence-corrected chi connectivity index (χ2v) is 9.17. The number of carbonyl (C=O) groups excluding carboxylic acids is 1. The van der Waals surface area contributed by atoms with Gasteiger partial charge in [0.2, 0.25) is 0 Å². The number of benzene rings is 2. The molecule has 5 nitrogen and oxygen atoms in total. The number of nitrogens with one attached hydrogen (secondary N) is 2. The zero-order valence-corrected chi connectivity index (χ0v) is 17.8. The number of rotatable bonds is 7. The van der Waals surface area contributed by atoms with Crippen LogP contribution in [0.1, 0.15) is 53.6 Å². The molecule has 2 N–H and O–H groups in total. The summed E-state index contributed by atoms with van der Waals surface area (Å²) in [7, 11) is -3.72. The predicted octanol–water partition coefficient (Wildman–Crippen LogP) is 4.72. The van der Waals surface area contributed by atoms with Gasteiger partial charge in [0.25, 0.3) is 15.9 Å². The van der Waals surface area contributed by atoms with E-state index in [0.29, 0.717) is 17.8 Å². The molecule has 3 rings (SSSR count). The Bertz CT molecular complexity index is 1010. The minimum Gasteiger partial charge on any atom is -0.352 e. The topological polar surface area (TPSA) is 75.3 Å². The molecule has 0 heterocycles. The highest BCUT2D eigenvalue weighted by molar-refractivity contribution is 7.92. The van der Waals surface area contributed by atoms with E-state index in [9.17, 15) is 13.2 Å². The van der Waals surface area contributed by atoms with Crippen molar-refractivity contribution in [3.05, 3.63) is 70.8 Å². The molecule has 2 aromatic rings. The first kappa shape index (κ1) is 21.1. The zero-order valence-electron chi connectivity index (χ0n) is 17.0. The Balaban J connectivity index is 1.61. The van der Waals surface area contributed by atoms with Crippen LogP contribution in [0, 0.1) is 13.8 Å². The number of hydrogen-bond donors (Lipinski definition) is 2. The molecule has 0 bridgehead atoms. The Morgan fingerprint density at radius 1 is 1.03 bits per heavy atom. The maximum atomic E-state index is 12.7. The van der Waals surface area contributed by atoms with E-state index in [4.69, 9.17) is 0 Å². The fraction of sp³-hybridized carbons (Fsp3) is 0.348. The van der Waals surface area contributed by atoms with E-state index in [1.54, 1.807) is 18.2 Å². The van der Waals surface area contributed by atoms with Crippen LogP contribution < -0.4 is 10.0 Å². The molecule has 154 valence electrons. The summed E-state index contributed by atoms with van der Waals surface area (Å²) in [5.74, 6) is -0.187. The number of anilines is 1. The molecule has 0 atom stereocenters. The Labute approximate surface area is 173 Å². The number of carbonyl (C=O) groups is 1. The monoisotopic (exact) mass is 412 g/mol. The van der Waals surface area contributed by atoms with Crippen LogP contribution >= 0.6 is 0 Å². The number of sulfonamides is 1. The normalized spacial score (nSPS) is 14.2. The lowest BCUT2D eigenvalue weighted by Gasteiger charge is -2.13. The molecular weight excluding hydrogens is 384 g/mol. The molecule has 2 aromatic carbocycles. The van der Waals surface area contributed by atoms with Crippen LogP contribution in [0.3, 0.4) is 0 Å². The minimum atomic E-state index is -3.72. The van der Waals surface area contributed by atoms with Crippen molar-refractivity contribution >= 4 is 21.6 Å². The third-order valence-electron chi connectivity index (χ3n) is 5.39. The van der Waals surface area contributed by atoms with Crippen LogP contribution in [-0.2, 0) is 10.0 Å². The second kappa shape index (κ2) is 9.27. The SMILES string of the molecule is Cc1cccc(NS(=O)(=O)c2ccc(C(=O)NCCC3=CCCCC3)cc2)c1C. The maximum Gasteiger partial charge on any atom is 0.261 e. The Kier molecular flexibility index (Phi) is 6.75. The third-order valence-corrected chi connectivity index (χ3v) is 6.77. The van der Waals surface area contributed by atoms with Crippen molar-refractivity contribution in [2.75, 3.05) is 11.3 Å². The molecule has 29 heavy (non-hydrogen) atoms. The minimum absolute atomic E-state index is 0.127. The highest BCUT2D eigenvalue weighted by Gasteiger charge is 2.16. The van der Waals surface area contributed by atoms with Gasteiger partial charge in [-0.2, -0.15) is 0 Å². The molecule has 0 saturated heterocycles. The van der Waals surface area contributed by atoms with E-state index in [1.807, 2.05) is 26.0 Å². The van der Waals surface area contributed by atoms with Crippen molar-refractivity contribution in [1.29, 1.82) is 0 Å². The van der Waals surface area contributed by atoms with Gasteiger partial charge < -0.3 is 5.32 Å². The maximum absolute atomic E-state index is 12.7.